The minimum absolute atomic E-state index is 0. The Labute approximate surface area is 208 Å². The average molecular weight is 567 g/mol. The van der Waals surface area contributed by atoms with Gasteiger partial charge in [-0.15, -0.1) is 24.0 Å². The van der Waals surface area contributed by atoms with Gasteiger partial charge in [-0.3, -0.25) is 4.99 Å². The van der Waals surface area contributed by atoms with Gasteiger partial charge in [-0.2, -0.15) is 0 Å². The first-order chi connectivity index (χ1) is 14.7. The Hall–Kier alpha value is -0.970. The van der Waals surface area contributed by atoms with Gasteiger partial charge >= 0.3 is 0 Å². The van der Waals surface area contributed by atoms with E-state index in [1.165, 1.54) is 0 Å². The molecule has 0 bridgehead atoms. The molecule has 2 N–H and O–H groups in total. The maximum Gasteiger partial charge on any atom is 0.191 e. The summed E-state index contributed by atoms with van der Waals surface area (Å²) in [5.41, 5.74) is 1.04. The van der Waals surface area contributed by atoms with Crippen LogP contribution < -0.4 is 20.3 Å². The average Bonchev–Trinajstić information content (AvgIpc) is 3.24. The fourth-order valence-corrected chi connectivity index (χ4v) is 4.11. The molecule has 0 spiro atoms. The fourth-order valence-electron chi connectivity index (χ4n) is 3.94. The van der Waals surface area contributed by atoms with E-state index in [0.717, 1.165) is 94.2 Å². The molecule has 9 heteroatoms. The minimum atomic E-state index is 0. The molecule has 2 fully saturated rings. The molecule has 31 heavy (non-hydrogen) atoms. The number of ether oxygens (including phenoxy) is 3. The van der Waals surface area contributed by atoms with E-state index in [0.29, 0.717) is 12.0 Å². The third-order valence-electron chi connectivity index (χ3n) is 5.69. The molecule has 3 rings (SSSR count). The van der Waals surface area contributed by atoms with Gasteiger partial charge in [0.1, 0.15) is 5.75 Å². The Kier molecular flexibility index (Phi) is 12.1. The fraction of sp³-hybridized carbons (Fsp3) is 0.682. The summed E-state index contributed by atoms with van der Waals surface area (Å²) in [6.07, 6.45) is 4.23. The van der Waals surface area contributed by atoms with Crippen molar-refractivity contribution < 1.29 is 14.2 Å². The van der Waals surface area contributed by atoms with Crippen molar-refractivity contribution in [3.8, 4) is 5.75 Å². The van der Waals surface area contributed by atoms with Gasteiger partial charge in [0.15, 0.2) is 5.96 Å². The predicted octanol–water partition coefficient (Wildman–Crippen LogP) is 3.54. The SMILES string of the molecule is CN=C(NCCCOCC1CCOCC1)NC1CCN(c2cc(Cl)ccc2OC)C1.I. The van der Waals surface area contributed by atoms with Crippen LogP contribution in [0.4, 0.5) is 5.69 Å². The number of halogens is 2. The molecular weight excluding hydrogens is 531 g/mol. The molecule has 7 nitrogen and oxygen atoms in total. The first-order valence-corrected chi connectivity index (χ1v) is 11.3. The number of nitrogens with one attached hydrogen (secondary N) is 2. The Morgan fingerprint density at radius 2 is 2.10 bits per heavy atom. The van der Waals surface area contributed by atoms with Gasteiger partial charge in [-0.25, -0.2) is 0 Å². The normalized spacial score (nSPS) is 19.8. The molecule has 1 atom stereocenters. The molecule has 1 aromatic carbocycles. The van der Waals surface area contributed by atoms with Gasteiger partial charge in [0.05, 0.1) is 12.8 Å². The van der Waals surface area contributed by atoms with Crippen LogP contribution in [-0.2, 0) is 9.47 Å². The minimum Gasteiger partial charge on any atom is -0.495 e. The highest BCUT2D eigenvalue weighted by Crippen LogP contribution is 2.33. The van der Waals surface area contributed by atoms with Crippen molar-refractivity contribution in [2.24, 2.45) is 10.9 Å². The van der Waals surface area contributed by atoms with Crippen molar-refractivity contribution in [2.45, 2.75) is 31.7 Å². The number of benzene rings is 1. The smallest absolute Gasteiger partial charge is 0.191 e. The van der Waals surface area contributed by atoms with E-state index in [4.69, 9.17) is 25.8 Å². The van der Waals surface area contributed by atoms with Crippen LogP contribution in [0.3, 0.4) is 0 Å². The molecule has 0 radical (unpaired) electrons. The van der Waals surface area contributed by atoms with Crippen molar-refractivity contribution >= 4 is 47.2 Å². The largest absolute Gasteiger partial charge is 0.495 e. The molecule has 0 saturated carbocycles. The maximum atomic E-state index is 6.19. The van der Waals surface area contributed by atoms with Crippen molar-refractivity contribution in [3.05, 3.63) is 23.2 Å². The Morgan fingerprint density at radius 3 is 2.84 bits per heavy atom. The van der Waals surface area contributed by atoms with E-state index in [1.54, 1.807) is 7.11 Å². The van der Waals surface area contributed by atoms with Crippen molar-refractivity contribution in [2.75, 3.05) is 65.1 Å². The molecule has 2 aliphatic heterocycles. The van der Waals surface area contributed by atoms with Gasteiger partial charge in [0, 0.05) is 64.2 Å². The zero-order valence-electron chi connectivity index (χ0n) is 18.6. The summed E-state index contributed by atoms with van der Waals surface area (Å²) in [6, 6.07) is 6.07. The summed E-state index contributed by atoms with van der Waals surface area (Å²) in [5.74, 6) is 2.34. The maximum absolute atomic E-state index is 6.19. The van der Waals surface area contributed by atoms with Crippen LogP contribution in [-0.4, -0.2) is 72.2 Å². The Bertz CT molecular complexity index is 689. The number of hydrogen-bond donors (Lipinski definition) is 2. The summed E-state index contributed by atoms with van der Waals surface area (Å²) >= 11 is 6.19. The van der Waals surface area contributed by atoms with Crippen LogP contribution in [0.1, 0.15) is 25.7 Å². The van der Waals surface area contributed by atoms with Crippen molar-refractivity contribution in [1.82, 2.24) is 10.6 Å². The van der Waals surface area contributed by atoms with Crippen LogP contribution in [0.15, 0.2) is 23.2 Å². The van der Waals surface area contributed by atoms with E-state index in [1.807, 2.05) is 25.2 Å². The second-order valence-corrected chi connectivity index (χ2v) is 8.31. The van der Waals surface area contributed by atoms with Gasteiger partial charge in [0.25, 0.3) is 0 Å². The highest BCUT2D eigenvalue weighted by molar-refractivity contribution is 14.0. The zero-order valence-corrected chi connectivity index (χ0v) is 21.7. The molecule has 1 aromatic rings. The van der Waals surface area contributed by atoms with Crippen LogP contribution in [0, 0.1) is 5.92 Å². The molecule has 0 amide bonds. The lowest BCUT2D eigenvalue weighted by Gasteiger charge is -2.22. The molecule has 0 aromatic heterocycles. The first kappa shape index (κ1) is 26.3. The monoisotopic (exact) mass is 566 g/mol. The zero-order chi connectivity index (χ0) is 21.2. The molecule has 1 unspecified atom stereocenters. The molecular formula is C22H36ClIN4O3. The number of hydrogen-bond acceptors (Lipinski definition) is 5. The van der Waals surface area contributed by atoms with E-state index >= 15 is 0 Å². The number of rotatable bonds is 9. The van der Waals surface area contributed by atoms with Gasteiger partial charge < -0.3 is 29.7 Å². The highest BCUT2D eigenvalue weighted by Gasteiger charge is 2.25. The third kappa shape index (κ3) is 8.47. The predicted molar refractivity (Wildman–Crippen MR) is 138 cm³/mol. The van der Waals surface area contributed by atoms with E-state index in [2.05, 4.69) is 20.5 Å². The van der Waals surface area contributed by atoms with Crippen molar-refractivity contribution in [1.29, 1.82) is 0 Å². The summed E-state index contributed by atoms with van der Waals surface area (Å²) in [4.78, 5) is 6.67. The molecule has 2 heterocycles. The van der Waals surface area contributed by atoms with Crippen LogP contribution in [0.2, 0.25) is 5.02 Å². The summed E-state index contributed by atoms with van der Waals surface area (Å²) in [5, 5.41) is 7.65. The van der Waals surface area contributed by atoms with Gasteiger partial charge in [-0.05, 0) is 49.8 Å². The first-order valence-electron chi connectivity index (χ1n) is 10.9. The molecule has 2 aliphatic rings. The van der Waals surface area contributed by atoms with E-state index in [-0.39, 0.29) is 24.0 Å². The highest BCUT2D eigenvalue weighted by atomic mass is 127. The van der Waals surface area contributed by atoms with Gasteiger partial charge in [0.2, 0.25) is 0 Å². The standard InChI is InChI=1S/C22H35ClN4O3.HI/c1-24-22(25-9-3-11-30-16-17-7-12-29-13-8-17)26-19-6-10-27(15-19)20-14-18(23)4-5-21(20)28-2;/h4-5,14,17,19H,3,6-13,15-16H2,1-2H3,(H2,24,25,26);1H. The van der Waals surface area contributed by atoms with E-state index < -0.39 is 0 Å². The molecule has 0 aliphatic carbocycles. The lowest BCUT2D eigenvalue weighted by Crippen LogP contribution is -2.45. The molecule has 2 saturated heterocycles. The number of nitrogens with zero attached hydrogens (tertiary/aromatic N) is 2. The van der Waals surface area contributed by atoms with Crippen LogP contribution in [0.25, 0.3) is 0 Å². The number of aliphatic imine (C=N–C) groups is 1. The van der Waals surface area contributed by atoms with Crippen LogP contribution >= 0.6 is 35.6 Å². The quantitative estimate of drug-likeness (QED) is 0.206. The Morgan fingerprint density at radius 1 is 1.29 bits per heavy atom. The summed E-state index contributed by atoms with van der Waals surface area (Å²) in [7, 11) is 3.50. The third-order valence-corrected chi connectivity index (χ3v) is 5.92. The summed E-state index contributed by atoms with van der Waals surface area (Å²) in [6.45, 7) is 6.04. The lowest BCUT2D eigenvalue weighted by molar-refractivity contribution is 0.0203. The van der Waals surface area contributed by atoms with E-state index in [9.17, 15) is 0 Å². The number of methoxy groups -OCH3 is 1. The number of anilines is 1. The summed E-state index contributed by atoms with van der Waals surface area (Å²) < 4.78 is 16.7. The topological polar surface area (TPSA) is 67.4 Å². The van der Waals surface area contributed by atoms with Crippen LogP contribution in [0.5, 0.6) is 5.75 Å². The second kappa shape index (κ2) is 14.2. The molecule has 176 valence electrons. The Balaban J connectivity index is 0.00000341. The number of guanidine groups is 1. The second-order valence-electron chi connectivity index (χ2n) is 7.88. The van der Waals surface area contributed by atoms with Gasteiger partial charge in [-0.1, -0.05) is 11.6 Å². The lowest BCUT2D eigenvalue weighted by atomic mass is 10.0. The van der Waals surface area contributed by atoms with Crippen molar-refractivity contribution in [3.63, 3.8) is 0 Å².